The highest BCUT2D eigenvalue weighted by Gasteiger charge is 2.29. The quantitative estimate of drug-likeness (QED) is 0.778. The van der Waals surface area contributed by atoms with Crippen LogP contribution < -0.4 is 9.64 Å². The average Bonchev–Trinajstić information content (AvgIpc) is 2.63. The summed E-state index contributed by atoms with van der Waals surface area (Å²) in [4.78, 5) is 2.51. The fourth-order valence-corrected chi connectivity index (χ4v) is 4.82. The van der Waals surface area contributed by atoms with Crippen LogP contribution in [0.3, 0.4) is 0 Å². The van der Waals surface area contributed by atoms with Crippen LogP contribution in [0.5, 0.6) is 5.75 Å². The second kappa shape index (κ2) is 7.86. The van der Waals surface area contributed by atoms with Gasteiger partial charge < -0.3 is 9.64 Å². The molecule has 0 aliphatic carbocycles. The molecule has 0 aromatic heterocycles. The van der Waals surface area contributed by atoms with Crippen molar-refractivity contribution >= 4 is 27.3 Å². The molecule has 5 nitrogen and oxygen atoms in total. The lowest BCUT2D eigenvalue weighted by molar-refractivity contribution is 0.340. The van der Waals surface area contributed by atoms with E-state index in [4.69, 9.17) is 16.3 Å². The Morgan fingerprint density at radius 1 is 1.04 bits per heavy atom. The van der Waals surface area contributed by atoms with E-state index in [-0.39, 0.29) is 0 Å². The van der Waals surface area contributed by atoms with Crippen LogP contribution in [0.2, 0.25) is 5.02 Å². The van der Waals surface area contributed by atoms with E-state index < -0.39 is 10.0 Å². The van der Waals surface area contributed by atoms with E-state index >= 15 is 0 Å². The molecule has 0 unspecified atom stereocenters. The first-order valence-corrected chi connectivity index (χ1v) is 10.5. The summed E-state index contributed by atoms with van der Waals surface area (Å²) in [5.74, 6) is 0.675. The lowest BCUT2D eigenvalue weighted by Gasteiger charge is -2.36. The van der Waals surface area contributed by atoms with Gasteiger partial charge in [0.25, 0.3) is 0 Å². The molecule has 0 bridgehead atoms. The molecule has 140 valence electrons. The van der Waals surface area contributed by atoms with E-state index in [1.54, 1.807) is 28.6 Å². The van der Waals surface area contributed by atoms with Crippen molar-refractivity contribution in [2.45, 2.75) is 18.7 Å². The minimum atomic E-state index is -3.49. The molecule has 3 rings (SSSR count). The molecule has 1 aliphatic heterocycles. The van der Waals surface area contributed by atoms with Gasteiger partial charge in [-0.05, 0) is 61.9 Å². The van der Waals surface area contributed by atoms with Gasteiger partial charge in [-0.2, -0.15) is 4.31 Å². The summed E-state index contributed by atoms with van der Waals surface area (Å²) < 4.78 is 32.6. The molecule has 0 atom stereocenters. The number of hydrogen-bond acceptors (Lipinski definition) is 4. The van der Waals surface area contributed by atoms with Crippen LogP contribution in [0.25, 0.3) is 0 Å². The number of benzene rings is 2. The van der Waals surface area contributed by atoms with Crippen molar-refractivity contribution in [2.75, 3.05) is 37.7 Å². The molecule has 1 heterocycles. The Balaban J connectivity index is 1.70. The maximum atomic E-state index is 12.9. The standard InChI is InChI=1S/C19H23ClN2O3S/c1-3-25-17-5-7-18(8-6-17)26(23,24)22-12-10-21(11-13-22)19-9-4-16(20)14-15(19)2/h4-9,14H,3,10-13H2,1-2H3. The van der Waals surface area contributed by atoms with Crippen LogP contribution in [0.4, 0.5) is 5.69 Å². The molecule has 26 heavy (non-hydrogen) atoms. The number of anilines is 1. The minimum Gasteiger partial charge on any atom is -0.494 e. The third-order valence-electron chi connectivity index (χ3n) is 4.51. The number of aryl methyl sites for hydroxylation is 1. The van der Waals surface area contributed by atoms with E-state index in [0.29, 0.717) is 48.5 Å². The summed E-state index contributed by atoms with van der Waals surface area (Å²) in [7, 11) is -3.49. The number of ether oxygens (including phenoxy) is 1. The zero-order valence-electron chi connectivity index (χ0n) is 15.0. The molecule has 1 fully saturated rings. The first-order valence-electron chi connectivity index (χ1n) is 8.66. The van der Waals surface area contributed by atoms with Crippen LogP contribution in [-0.2, 0) is 10.0 Å². The molecule has 0 N–H and O–H groups in total. The highest BCUT2D eigenvalue weighted by atomic mass is 35.5. The molecule has 0 saturated carbocycles. The fraction of sp³-hybridized carbons (Fsp3) is 0.368. The third kappa shape index (κ3) is 3.98. The fourth-order valence-electron chi connectivity index (χ4n) is 3.17. The van der Waals surface area contributed by atoms with Crippen molar-refractivity contribution < 1.29 is 13.2 Å². The van der Waals surface area contributed by atoms with Gasteiger partial charge in [-0.1, -0.05) is 11.6 Å². The zero-order valence-corrected chi connectivity index (χ0v) is 16.6. The lowest BCUT2D eigenvalue weighted by atomic mass is 10.1. The summed E-state index contributed by atoms with van der Waals surface area (Å²) in [6.45, 7) is 6.68. The van der Waals surface area contributed by atoms with Gasteiger partial charge >= 0.3 is 0 Å². The third-order valence-corrected chi connectivity index (χ3v) is 6.66. The predicted octanol–water partition coefficient (Wildman–Crippen LogP) is 3.56. The normalized spacial score (nSPS) is 15.9. The summed E-state index contributed by atoms with van der Waals surface area (Å²) in [5, 5.41) is 0.711. The Kier molecular flexibility index (Phi) is 5.75. The SMILES string of the molecule is CCOc1ccc(S(=O)(=O)N2CCN(c3ccc(Cl)cc3C)CC2)cc1. The molecule has 1 aliphatic rings. The summed E-state index contributed by atoms with van der Waals surface area (Å²) >= 11 is 6.02. The smallest absolute Gasteiger partial charge is 0.243 e. The molecular weight excluding hydrogens is 372 g/mol. The van der Waals surface area contributed by atoms with Crippen LogP contribution in [0.15, 0.2) is 47.4 Å². The predicted molar refractivity (Wildman–Crippen MR) is 105 cm³/mol. The Hall–Kier alpha value is -1.76. The van der Waals surface area contributed by atoms with Crippen LogP contribution in [-0.4, -0.2) is 45.5 Å². The Morgan fingerprint density at radius 3 is 2.27 bits per heavy atom. The van der Waals surface area contributed by atoms with E-state index in [9.17, 15) is 8.42 Å². The first-order chi connectivity index (χ1) is 12.4. The highest BCUT2D eigenvalue weighted by Crippen LogP contribution is 2.26. The van der Waals surface area contributed by atoms with Gasteiger partial charge in [-0.25, -0.2) is 8.42 Å². The molecule has 0 amide bonds. The average molecular weight is 395 g/mol. The summed E-state index contributed by atoms with van der Waals surface area (Å²) in [5.41, 5.74) is 2.20. The van der Waals surface area contributed by atoms with Crippen molar-refractivity contribution in [1.82, 2.24) is 4.31 Å². The van der Waals surface area contributed by atoms with Gasteiger partial charge in [-0.15, -0.1) is 0 Å². The van der Waals surface area contributed by atoms with Crippen LogP contribution >= 0.6 is 11.6 Å². The topological polar surface area (TPSA) is 49.9 Å². The number of hydrogen-bond donors (Lipinski definition) is 0. The summed E-state index contributed by atoms with van der Waals surface area (Å²) in [6, 6.07) is 12.4. The Morgan fingerprint density at radius 2 is 1.69 bits per heavy atom. The first kappa shape index (κ1) is 19.0. The van der Waals surface area contributed by atoms with Gasteiger partial charge in [0.05, 0.1) is 11.5 Å². The summed E-state index contributed by atoms with van der Waals surface area (Å²) in [6.07, 6.45) is 0. The number of piperazine rings is 1. The van der Waals surface area contributed by atoms with Crippen molar-refractivity contribution in [1.29, 1.82) is 0 Å². The lowest BCUT2D eigenvalue weighted by Crippen LogP contribution is -2.48. The Bertz CT molecular complexity index is 861. The maximum Gasteiger partial charge on any atom is 0.243 e. The number of sulfonamides is 1. The molecule has 2 aromatic rings. The molecule has 2 aromatic carbocycles. The second-order valence-electron chi connectivity index (χ2n) is 6.23. The van der Waals surface area contributed by atoms with Gasteiger partial charge in [0.2, 0.25) is 10.0 Å². The number of halogens is 1. The van der Waals surface area contributed by atoms with Gasteiger partial charge in [0, 0.05) is 36.9 Å². The Labute approximate surface area is 160 Å². The number of nitrogens with zero attached hydrogens (tertiary/aromatic N) is 2. The molecular formula is C19H23ClN2O3S. The van der Waals surface area contributed by atoms with Crippen LogP contribution in [0, 0.1) is 6.92 Å². The van der Waals surface area contributed by atoms with E-state index in [2.05, 4.69) is 4.90 Å². The van der Waals surface area contributed by atoms with Crippen molar-refractivity contribution in [2.24, 2.45) is 0 Å². The van der Waals surface area contributed by atoms with Crippen LogP contribution in [0.1, 0.15) is 12.5 Å². The molecule has 0 radical (unpaired) electrons. The minimum absolute atomic E-state index is 0.303. The van der Waals surface area contributed by atoms with Crippen molar-refractivity contribution in [3.05, 3.63) is 53.1 Å². The van der Waals surface area contributed by atoms with E-state index in [0.717, 1.165) is 11.3 Å². The number of rotatable bonds is 5. The van der Waals surface area contributed by atoms with Crippen molar-refractivity contribution in [3.8, 4) is 5.75 Å². The van der Waals surface area contributed by atoms with Gasteiger partial charge in [-0.3, -0.25) is 0 Å². The van der Waals surface area contributed by atoms with Gasteiger partial charge in [0.1, 0.15) is 5.75 Å². The largest absolute Gasteiger partial charge is 0.494 e. The highest BCUT2D eigenvalue weighted by molar-refractivity contribution is 7.89. The molecule has 7 heteroatoms. The zero-order chi connectivity index (χ0) is 18.7. The second-order valence-corrected chi connectivity index (χ2v) is 8.60. The monoisotopic (exact) mass is 394 g/mol. The van der Waals surface area contributed by atoms with Gasteiger partial charge in [0.15, 0.2) is 0 Å². The van der Waals surface area contributed by atoms with E-state index in [1.807, 2.05) is 32.0 Å². The van der Waals surface area contributed by atoms with Crippen molar-refractivity contribution in [3.63, 3.8) is 0 Å². The van der Waals surface area contributed by atoms with E-state index in [1.165, 1.54) is 0 Å². The maximum absolute atomic E-state index is 12.9. The molecule has 1 saturated heterocycles. The molecule has 0 spiro atoms.